The van der Waals surface area contributed by atoms with Gasteiger partial charge in [-0.05, 0) is 0 Å². The number of aliphatic hydroxyl groups excluding tert-OH is 3. The van der Waals surface area contributed by atoms with Crippen molar-refractivity contribution in [2.24, 2.45) is 0 Å². The van der Waals surface area contributed by atoms with E-state index in [1.165, 1.54) is 16.4 Å². The van der Waals surface area contributed by atoms with E-state index in [-0.39, 0.29) is 19.8 Å². The first-order valence-electron chi connectivity index (χ1n) is 10.00. The van der Waals surface area contributed by atoms with Gasteiger partial charge in [-0.15, -0.1) is 0 Å². The second-order valence-electron chi connectivity index (χ2n) is 6.68. The summed E-state index contributed by atoms with van der Waals surface area (Å²) in [6.45, 7) is 2.06. The van der Waals surface area contributed by atoms with Crippen LogP contribution in [0.15, 0.2) is 91.0 Å². The first kappa shape index (κ1) is 22.8. The fourth-order valence-electron chi connectivity index (χ4n) is 3.27. The molecule has 0 saturated heterocycles. The van der Waals surface area contributed by atoms with Gasteiger partial charge in [0.25, 0.3) is 0 Å². The van der Waals surface area contributed by atoms with Crippen molar-refractivity contribution in [2.45, 2.75) is 0 Å². The Kier molecular flexibility index (Phi) is 10.8. The summed E-state index contributed by atoms with van der Waals surface area (Å²) < 4.78 is 0. The van der Waals surface area contributed by atoms with Crippen LogP contribution in [0.2, 0.25) is 0 Å². The lowest BCUT2D eigenvalue weighted by Crippen LogP contribution is -2.51. The first-order valence-corrected chi connectivity index (χ1v) is 10.00. The molecule has 152 valence electrons. The lowest BCUT2D eigenvalue weighted by atomic mass is 9.37. The smallest absolute Gasteiger partial charge is 0.241 e. The highest BCUT2D eigenvalue weighted by atomic mass is 16.3. The number of nitrogens with zero attached hydrogens (tertiary/aromatic N) is 1. The van der Waals surface area contributed by atoms with Gasteiger partial charge in [-0.1, -0.05) is 107 Å². The Morgan fingerprint density at radius 2 is 0.759 bits per heavy atom. The molecule has 0 fully saturated rings. The van der Waals surface area contributed by atoms with Crippen LogP contribution in [0.5, 0.6) is 0 Å². The molecule has 0 amide bonds. The standard InChI is InChI=1S/C18H15B.C6H15NO3/c1-4-10-16(11-5-1)19(17-12-6-2-7-13-17)18-14-8-3-9-15-18;8-4-1-7(2-5-9)3-6-10/h1-15H;8-10H,1-6H2. The van der Waals surface area contributed by atoms with E-state index in [9.17, 15) is 0 Å². The van der Waals surface area contributed by atoms with Crippen LogP contribution in [-0.2, 0) is 0 Å². The Bertz CT molecular complexity index is 664. The molecule has 5 heteroatoms. The molecule has 3 rings (SSSR count). The Labute approximate surface area is 174 Å². The molecule has 0 heterocycles. The third kappa shape index (κ3) is 7.84. The number of hydrogen-bond acceptors (Lipinski definition) is 4. The highest BCUT2D eigenvalue weighted by molar-refractivity contribution is 6.95. The molecule has 4 nitrogen and oxygen atoms in total. The van der Waals surface area contributed by atoms with E-state index in [2.05, 4.69) is 91.0 Å². The summed E-state index contributed by atoms with van der Waals surface area (Å²) in [5, 5.41) is 25.5. The average Bonchev–Trinajstić information content (AvgIpc) is 2.77. The highest BCUT2D eigenvalue weighted by Gasteiger charge is 2.20. The topological polar surface area (TPSA) is 63.9 Å². The molecule has 0 aromatic heterocycles. The first-order chi connectivity index (χ1) is 14.3. The maximum absolute atomic E-state index is 8.48. The molecular formula is C24H30BNO3. The zero-order valence-electron chi connectivity index (χ0n) is 16.8. The largest absolute Gasteiger partial charge is 0.395 e. The second kappa shape index (κ2) is 13.7. The average molecular weight is 391 g/mol. The van der Waals surface area contributed by atoms with E-state index < -0.39 is 0 Å². The van der Waals surface area contributed by atoms with Gasteiger partial charge in [-0.25, -0.2) is 0 Å². The molecule has 3 aromatic rings. The van der Waals surface area contributed by atoms with Crippen LogP contribution in [-0.4, -0.2) is 66.4 Å². The number of rotatable bonds is 9. The zero-order valence-corrected chi connectivity index (χ0v) is 16.8. The predicted molar refractivity (Wildman–Crippen MR) is 122 cm³/mol. The van der Waals surface area contributed by atoms with E-state index >= 15 is 0 Å². The summed E-state index contributed by atoms with van der Waals surface area (Å²) in [6, 6.07) is 32.0. The third-order valence-corrected chi connectivity index (χ3v) is 4.65. The summed E-state index contributed by atoms with van der Waals surface area (Å²) in [6.07, 6.45) is 0. The molecule has 3 aromatic carbocycles. The molecule has 3 N–H and O–H groups in total. The van der Waals surface area contributed by atoms with Gasteiger partial charge in [0.15, 0.2) is 0 Å². The van der Waals surface area contributed by atoms with Gasteiger partial charge >= 0.3 is 0 Å². The molecule has 0 radical (unpaired) electrons. The van der Waals surface area contributed by atoms with Gasteiger partial charge in [-0.2, -0.15) is 0 Å². The van der Waals surface area contributed by atoms with Crippen LogP contribution in [0.1, 0.15) is 0 Å². The van der Waals surface area contributed by atoms with Gasteiger partial charge in [-0.3, -0.25) is 4.90 Å². The van der Waals surface area contributed by atoms with Crippen LogP contribution >= 0.6 is 0 Å². The van der Waals surface area contributed by atoms with Crippen molar-refractivity contribution in [3.8, 4) is 0 Å². The minimum atomic E-state index is 0.0694. The van der Waals surface area contributed by atoms with E-state index in [1.807, 2.05) is 0 Å². The Hall–Kier alpha value is -2.44. The minimum absolute atomic E-state index is 0.0694. The van der Waals surface area contributed by atoms with Crippen molar-refractivity contribution in [3.63, 3.8) is 0 Å². The maximum Gasteiger partial charge on any atom is 0.241 e. The Morgan fingerprint density at radius 3 is 1.00 bits per heavy atom. The van der Waals surface area contributed by atoms with Crippen molar-refractivity contribution in [1.82, 2.24) is 4.90 Å². The van der Waals surface area contributed by atoms with E-state index in [4.69, 9.17) is 15.3 Å². The van der Waals surface area contributed by atoms with Crippen LogP contribution in [0.4, 0.5) is 0 Å². The summed E-state index contributed by atoms with van der Waals surface area (Å²) in [5.74, 6) is 0. The van der Waals surface area contributed by atoms with Crippen molar-refractivity contribution in [2.75, 3.05) is 39.5 Å². The molecular weight excluding hydrogens is 361 g/mol. The van der Waals surface area contributed by atoms with Crippen molar-refractivity contribution in [1.29, 1.82) is 0 Å². The lowest BCUT2D eigenvalue weighted by molar-refractivity contribution is 0.136. The van der Waals surface area contributed by atoms with Gasteiger partial charge in [0.05, 0.1) is 19.8 Å². The fourth-order valence-corrected chi connectivity index (χ4v) is 3.27. The fraction of sp³-hybridized carbons (Fsp3) is 0.250. The van der Waals surface area contributed by atoms with Crippen LogP contribution in [0, 0.1) is 0 Å². The second-order valence-corrected chi connectivity index (χ2v) is 6.68. The van der Waals surface area contributed by atoms with Gasteiger partial charge < -0.3 is 15.3 Å². The number of hydrogen-bond donors (Lipinski definition) is 3. The maximum atomic E-state index is 8.48. The van der Waals surface area contributed by atoms with E-state index in [0.29, 0.717) is 26.3 Å². The van der Waals surface area contributed by atoms with E-state index in [0.717, 1.165) is 0 Å². The van der Waals surface area contributed by atoms with Crippen molar-refractivity contribution in [3.05, 3.63) is 91.0 Å². The molecule has 0 bridgehead atoms. The van der Waals surface area contributed by atoms with Crippen LogP contribution in [0.3, 0.4) is 0 Å². The normalized spacial score (nSPS) is 10.3. The highest BCUT2D eigenvalue weighted by Crippen LogP contribution is 1.95. The van der Waals surface area contributed by atoms with Crippen molar-refractivity contribution < 1.29 is 15.3 Å². The molecule has 0 saturated carbocycles. The quantitative estimate of drug-likeness (QED) is 0.464. The molecule has 29 heavy (non-hydrogen) atoms. The molecule has 0 atom stereocenters. The Morgan fingerprint density at radius 1 is 0.483 bits per heavy atom. The predicted octanol–water partition coefficient (Wildman–Crippen LogP) is 0.468. The molecule has 0 spiro atoms. The number of aliphatic hydroxyl groups is 3. The zero-order chi connectivity index (χ0) is 20.7. The SMILES string of the molecule is OCCN(CCO)CCO.c1ccc(B(c2ccccc2)c2ccccc2)cc1. The van der Waals surface area contributed by atoms with Gasteiger partial charge in [0.1, 0.15) is 0 Å². The van der Waals surface area contributed by atoms with E-state index in [1.54, 1.807) is 4.90 Å². The molecule has 0 unspecified atom stereocenters. The monoisotopic (exact) mass is 391 g/mol. The molecule has 0 aliphatic heterocycles. The summed E-state index contributed by atoms with van der Waals surface area (Å²) in [7, 11) is 0. The van der Waals surface area contributed by atoms with Gasteiger partial charge in [0, 0.05) is 19.6 Å². The molecule has 0 aliphatic carbocycles. The summed E-state index contributed by atoms with van der Waals surface area (Å²) >= 11 is 0. The summed E-state index contributed by atoms with van der Waals surface area (Å²) in [4.78, 5) is 1.79. The minimum Gasteiger partial charge on any atom is -0.395 e. The number of benzene rings is 3. The summed E-state index contributed by atoms with van der Waals surface area (Å²) in [5.41, 5.74) is 4.00. The lowest BCUT2D eigenvalue weighted by Gasteiger charge is -2.17. The van der Waals surface area contributed by atoms with Crippen LogP contribution < -0.4 is 16.4 Å². The Balaban J connectivity index is 0.000000257. The van der Waals surface area contributed by atoms with Crippen LogP contribution in [0.25, 0.3) is 0 Å². The third-order valence-electron chi connectivity index (χ3n) is 4.65. The van der Waals surface area contributed by atoms with Crippen molar-refractivity contribution >= 4 is 23.1 Å². The van der Waals surface area contributed by atoms with Gasteiger partial charge in [0.2, 0.25) is 6.71 Å². The molecule has 0 aliphatic rings.